The lowest BCUT2D eigenvalue weighted by atomic mass is 9.99. The molecule has 0 bridgehead atoms. The molecule has 1 heterocycles. The van der Waals surface area contributed by atoms with E-state index in [2.05, 4.69) is 15.3 Å². The van der Waals surface area contributed by atoms with Crippen molar-refractivity contribution >= 4 is 34.4 Å². The van der Waals surface area contributed by atoms with E-state index < -0.39 is 12.0 Å². The number of carboxylic acids is 1. The van der Waals surface area contributed by atoms with E-state index >= 15 is 0 Å². The zero-order chi connectivity index (χ0) is 23.1. The number of nitrogens with one attached hydrogen (secondary N) is 1. The number of amides is 1. The van der Waals surface area contributed by atoms with Gasteiger partial charge in [0, 0.05) is 16.6 Å². The van der Waals surface area contributed by atoms with E-state index in [-0.39, 0.29) is 42.0 Å². The third kappa shape index (κ3) is 4.48. The first-order valence-electron chi connectivity index (χ1n) is 10.7. The molecular weight excluding hydrogens is 449 g/mol. The standard InChI is InChI=1S/C24H21ClFN3O4/c25-13-3-1-12(2-4-13)23(32)29-20(10-21(30)31)22-16-8-15(9-17(16)22)33-24-18-7-14(26)5-6-19(18)27-11-28-24/h1-7,11,15-17,20,22H,8-10H2,(H,29,32)(H,30,31). The molecule has 2 aromatic carbocycles. The minimum Gasteiger partial charge on any atom is -0.481 e. The number of ether oxygens (including phenoxy) is 1. The first-order valence-corrected chi connectivity index (χ1v) is 11.1. The Morgan fingerprint density at radius 2 is 1.88 bits per heavy atom. The summed E-state index contributed by atoms with van der Waals surface area (Å²) in [6, 6.07) is 10.3. The summed E-state index contributed by atoms with van der Waals surface area (Å²) in [5.41, 5.74) is 1.04. The maximum atomic E-state index is 13.7. The van der Waals surface area contributed by atoms with Gasteiger partial charge in [-0.25, -0.2) is 14.4 Å². The fourth-order valence-electron chi connectivity index (χ4n) is 5.12. The van der Waals surface area contributed by atoms with Crippen LogP contribution in [0.25, 0.3) is 10.9 Å². The van der Waals surface area contributed by atoms with Crippen LogP contribution in [0.3, 0.4) is 0 Å². The molecule has 3 aromatic rings. The summed E-state index contributed by atoms with van der Waals surface area (Å²) in [5.74, 6) is -0.708. The molecule has 1 amide bonds. The molecule has 0 aliphatic heterocycles. The number of hydrogen-bond acceptors (Lipinski definition) is 5. The van der Waals surface area contributed by atoms with Crippen LogP contribution in [0.1, 0.15) is 29.6 Å². The second-order valence-corrected chi connectivity index (χ2v) is 9.08. The Hall–Kier alpha value is -3.26. The minimum atomic E-state index is -0.955. The van der Waals surface area contributed by atoms with Gasteiger partial charge in [-0.2, -0.15) is 0 Å². The number of nitrogens with zero attached hydrogens (tertiary/aromatic N) is 2. The van der Waals surface area contributed by atoms with Crippen LogP contribution in [-0.2, 0) is 4.79 Å². The fraction of sp³-hybridized carbons (Fsp3) is 0.333. The molecule has 3 atom stereocenters. The van der Waals surface area contributed by atoms with Crippen molar-refractivity contribution in [3.63, 3.8) is 0 Å². The molecule has 170 valence electrons. The van der Waals surface area contributed by atoms with E-state index in [0.717, 1.165) is 12.8 Å². The maximum Gasteiger partial charge on any atom is 0.305 e. The Bertz CT molecular complexity index is 1210. The number of fused-ring (bicyclic) bond motifs is 2. The van der Waals surface area contributed by atoms with Crippen molar-refractivity contribution in [2.45, 2.75) is 31.4 Å². The number of hydrogen-bond donors (Lipinski definition) is 2. The first kappa shape index (κ1) is 21.6. The Morgan fingerprint density at radius 1 is 1.15 bits per heavy atom. The lowest BCUT2D eigenvalue weighted by Crippen LogP contribution is -2.39. The van der Waals surface area contributed by atoms with Gasteiger partial charge in [-0.1, -0.05) is 11.6 Å². The van der Waals surface area contributed by atoms with Gasteiger partial charge in [0.25, 0.3) is 5.91 Å². The molecule has 1 aromatic heterocycles. The number of carboxylic acid groups (broad SMARTS) is 1. The molecule has 2 saturated carbocycles. The Labute approximate surface area is 193 Å². The maximum absolute atomic E-state index is 13.7. The third-order valence-corrected chi connectivity index (χ3v) is 6.84. The number of halogens is 2. The van der Waals surface area contributed by atoms with Crippen LogP contribution < -0.4 is 10.1 Å². The molecular formula is C24H21ClFN3O4. The van der Waals surface area contributed by atoms with Gasteiger partial charge in [0.15, 0.2) is 0 Å². The summed E-state index contributed by atoms with van der Waals surface area (Å²) >= 11 is 5.88. The van der Waals surface area contributed by atoms with Crippen molar-refractivity contribution in [1.29, 1.82) is 0 Å². The Morgan fingerprint density at radius 3 is 2.58 bits per heavy atom. The van der Waals surface area contributed by atoms with Gasteiger partial charge in [0.05, 0.1) is 17.3 Å². The summed E-state index contributed by atoms with van der Waals surface area (Å²) in [6.45, 7) is 0. The predicted molar refractivity (Wildman–Crippen MR) is 119 cm³/mol. The SMILES string of the molecule is O=C(O)CC(NC(=O)c1ccc(Cl)cc1)C1C2CC(Oc3ncnc4ccc(F)cc34)CC21. The van der Waals surface area contributed by atoms with Crippen LogP contribution in [0.4, 0.5) is 4.39 Å². The van der Waals surface area contributed by atoms with E-state index in [1.807, 2.05) is 0 Å². The summed E-state index contributed by atoms with van der Waals surface area (Å²) in [5, 5.41) is 13.3. The van der Waals surface area contributed by atoms with E-state index in [9.17, 15) is 19.1 Å². The zero-order valence-corrected chi connectivity index (χ0v) is 18.2. The number of carbonyl (C=O) groups excluding carboxylic acids is 1. The van der Waals surface area contributed by atoms with Gasteiger partial charge in [-0.05, 0) is 73.1 Å². The second kappa shape index (κ2) is 8.59. The summed E-state index contributed by atoms with van der Waals surface area (Å²) in [6.07, 6.45) is 2.60. The summed E-state index contributed by atoms with van der Waals surface area (Å²) in [7, 11) is 0. The Kier molecular flexibility index (Phi) is 5.62. The molecule has 2 fully saturated rings. The van der Waals surface area contributed by atoms with Crippen LogP contribution in [-0.4, -0.2) is 39.1 Å². The summed E-state index contributed by atoms with van der Waals surface area (Å²) < 4.78 is 19.8. The topological polar surface area (TPSA) is 101 Å². The van der Waals surface area contributed by atoms with Crippen molar-refractivity contribution in [3.05, 3.63) is 65.2 Å². The van der Waals surface area contributed by atoms with Crippen LogP contribution in [0.15, 0.2) is 48.8 Å². The third-order valence-electron chi connectivity index (χ3n) is 6.59. The van der Waals surface area contributed by atoms with Crippen molar-refractivity contribution in [1.82, 2.24) is 15.3 Å². The zero-order valence-electron chi connectivity index (χ0n) is 17.4. The van der Waals surface area contributed by atoms with Gasteiger partial charge in [-0.15, -0.1) is 0 Å². The monoisotopic (exact) mass is 469 g/mol. The van der Waals surface area contributed by atoms with Crippen LogP contribution >= 0.6 is 11.6 Å². The summed E-state index contributed by atoms with van der Waals surface area (Å²) in [4.78, 5) is 32.4. The minimum absolute atomic E-state index is 0.0804. The molecule has 7 nitrogen and oxygen atoms in total. The average Bonchev–Trinajstić information content (AvgIpc) is 3.28. The highest BCUT2D eigenvalue weighted by Crippen LogP contribution is 2.60. The Balaban J connectivity index is 1.24. The highest BCUT2D eigenvalue weighted by Gasteiger charge is 2.60. The molecule has 5 rings (SSSR count). The molecule has 2 aliphatic rings. The first-order chi connectivity index (χ1) is 15.9. The average molecular weight is 470 g/mol. The normalized spacial score (nSPS) is 24.2. The highest BCUT2D eigenvalue weighted by molar-refractivity contribution is 6.30. The predicted octanol–water partition coefficient (Wildman–Crippen LogP) is 4.10. The van der Waals surface area contributed by atoms with Gasteiger partial charge < -0.3 is 15.2 Å². The molecule has 2 N–H and O–H groups in total. The quantitative estimate of drug-likeness (QED) is 0.540. The second-order valence-electron chi connectivity index (χ2n) is 8.64. The van der Waals surface area contributed by atoms with Crippen molar-refractivity contribution in [2.24, 2.45) is 17.8 Å². The van der Waals surface area contributed by atoms with E-state index in [1.54, 1.807) is 30.3 Å². The van der Waals surface area contributed by atoms with Gasteiger partial charge in [0.2, 0.25) is 5.88 Å². The number of rotatable bonds is 7. The lowest BCUT2D eigenvalue weighted by Gasteiger charge is -2.22. The number of benzene rings is 2. The molecule has 0 spiro atoms. The van der Waals surface area contributed by atoms with E-state index in [0.29, 0.717) is 27.4 Å². The van der Waals surface area contributed by atoms with Crippen molar-refractivity contribution < 1.29 is 23.8 Å². The number of aromatic nitrogens is 2. The van der Waals surface area contributed by atoms with E-state index in [1.165, 1.54) is 18.5 Å². The molecule has 0 saturated heterocycles. The van der Waals surface area contributed by atoms with Crippen LogP contribution in [0.2, 0.25) is 5.02 Å². The molecule has 33 heavy (non-hydrogen) atoms. The van der Waals surface area contributed by atoms with Crippen molar-refractivity contribution in [2.75, 3.05) is 0 Å². The number of aliphatic carboxylic acids is 1. The molecule has 9 heteroatoms. The molecule has 2 aliphatic carbocycles. The van der Waals surface area contributed by atoms with Crippen molar-refractivity contribution in [3.8, 4) is 5.88 Å². The lowest BCUT2D eigenvalue weighted by molar-refractivity contribution is -0.137. The van der Waals surface area contributed by atoms with Gasteiger partial charge in [0.1, 0.15) is 18.2 Å². The van der Waals surface area contributed by atoms with Crippen LogP contribution in [0, 0.1) is 23.6 Å². The smallest absolute Gasteiger partial charge is 0.305 e. The fourth-order valence-corrected chi connectivity index (χ4v) is 5.24. The molecule has 3 unspecified atom stereocenters. The van der Waals surface area contributed by atoms with Crippen LogP contribution in [0.5, 0.6) is 5.88 Å². The largest absolute Gasteiger partial charge is 0.481 e. The van der Waals surface area contributed by atoms with E-state index in [4.69, 9.17) is 16.3 Å². The van der Waals surface area contributed by atoms with Gasteiger partial charge >= 0.3 is 5.97 Å². The van der Waals surface area contributed by atoms with Gasteiger partial charge in [-0.3, -0.25) is 9.59 Å². The molecule has 0 radical (unpaired) electrons. The highest BCUT2D eigenvalue weighted by atomic mass is 35.5. The number of carbonyl (C=O) groups is 2.